The van der Waals surface area contributed by atoms with E-state index in [1.54, 1.807) is 50.7 Å². The van der Waals surface area contributed by atoms with E-state index in [0.29, 0.717) is 30.2 Å². The van der Waals surface area contributed by atoms with E-state index in [9.17, 15) is 14.4 Å². The molecule has 1 fully saturated rings. The van der Waals surface area contributed by atoms with Gasteiger partial charge in [0.2, 0.25) is 0 Å². The summed E-state index contributed by atoms with van der Waals surface area (Å²) in [4.78, 5) is 43.4. The summed E-state index contributed by atoms with van der Waals surface area (Å²) >= 11 is 1.33. The lowest BCUT2D eigenvalue weighted by Crippen LogP contribution is -2.39. The Morgan fingerprint density at radius 3 is 2.70 bits per heavy atom. The molecular formula is C23H30N4O5S. The van der Waals surface area contributed by atoms with Crippen LogP contribution in [0.3, 0.4) is 0 Å². The van der Waals surface area contributed by atoms with Gasteiger partial charge in [0.1, 0.15) is 11.3 Å². The third-order valence-electron chi connectivity index (χ3n) is 4.94. The average molecular weight is 475 g/mol. The molecule has 1 aliphatic rings. The third-order valence-corrected chi connectivity index (χ3v) is 5.52. The number of anilines is 3. The van der Waals surface area contributed by atoms with Crippen LogP contribution in [0.5, 0.6) is 0 Å². The van der Waals surface area contributed by atoms with Gasteiger partial charge in [0.25, 0.3) is 5.91 Å². The molecule has 0 saturated carbocycles. The predicted molar refractivity (Wildman–Crippen MR) is 128 cm³/mol. The summed E-state index contributed by atoms with van der Waals surface area (Å²) in [5.41, 5.74) is 2.99. The number of piperidine rings is 1. The second-order valence-corrected chi connectivity index (χ2v) is 9.44. The molecule has 2 heterocycles. The summed E-state index contributed by atoms with van der Waals surface area (Å²) in [6.45, 7) is 8.70. The van der Waals surface area contributed by atoms with Crippen molar-refractivity contribution >= 4 is 46.4 Å². The Morgan fingerprint density at radius 1 is 1.24 bits per heavy atom. The van der Waals surface area contributed by atoms with Gasteiger partial charge in [-0.2, -0.15) is 0 Å². The molecule has 1 aromatic carbocycles. The van der Waals surface area contributed by atoms with Crippen LogP contribution < -0.4 is 15.5 Å². The van der Waals surface area contributed by atoms with Crippen LogP contribution in [-0.4, -0.2) is 48.3 Å². The van der Waals surface area contributed by atoms with E-state index >= 15 is 0 Å². The molecule has 2 N–H and O–H groups in total. The summed E-state index contributed by atoms with van der Waals surface area (Å²) < 4.78 is 10.5. The highest BCUT2D eigenvalue weighted by atomic mass is 32.1. The van der Waals surface area contributed by atoms with Crippen molar-refractivity contribution in [2.45, 2.75) is 46.1 Å². The van der Waals surface area contributed by atoms with E-state index in [-0.39, 0.29) is 17.8 Å². The highest BCUT2D eigenvalue weighted by Crippen LogP contribution is 2.33. The zero-order chi connectivity index (χ0) is 24.0. The average Bonchev–Trinajstić information content (AvgIpc) is 3.28. The van der Waals surface area contributed by atoms with E-state index in [1.807, 2.05) is 6.07 Å². The van der Waals surface area contributed by atoms with Gasteiger partial charge in [0, 0.05) is 24.2 Å². The number of benzene rings is 1. The van der Waals surface area contributed by atoms with Gasteiger partial charge in [0.15, 0.2) is 0 Å². The number of nitrogens with one attached hydrogen (secondary N) is 2. The molecule has 1 aromatic heterocycles. The summed E-state index contributed by atoms with van der Waals surface area (Å²) in [5, 5.41) is 7.26. The highest BCUT2D eigenvalue weighted by molar-refractivity contribution is 7.07. The largest absolute Gasteiger partial charge is 0.466 e. The highest BCUT2D eigenvalue weighted by Gasteiger charge is 2.28. The number of carbonyl (C=O) groups is 3. The topological polar surface area (TPSA) is 110 Å². The van der Waals surface area contributed by atoms with Crippen LogP contribution in [0.1, 0.15) is 51.0 Å². The molecule has 33 heavy (non-hydrogen) atoms. The second-order valence-electron chi connectivity index (χ2n) is 8.72. The molecule has 1 atom stereocenters. The van der Waals surface area contributed by atoms with Gasteiger partial charge in [-0.3, -0.25) is 14.9 Å². The van der Waals surface area contributed by atoms with Crippen LogP contribution in [-0.2, 0) is 14.3 Å². The van der Waals surface area contributed by atoms with Gasteiger partial charge in [-0.25, -0.2) is 9.78 Å². The minimum absolute atomic E-state index is 0.210. The Morgan fingerprint density at radius 2 is 2.03 bits per heavy atom. The number of esters is 1. The molecule has 2 aromatic rings. The summed E-state index contributed by atoms with van der Waals surface area (Å²) in [6, 6.07) is 5.24. The van der Waals surface area contributed by atoms with Crippen molar-refractivity contribution in [2.75, 3.05) is 35.2 Å². The van der Waals surface area contributed by atoms with Gasteiger partial charge in [-0.15, -0.1) is 11.3 Å². The lowest BCUT2D eigenvalue weighted by molar-refractivity contribution is -0.148. The Bertz CT molecular complexity index is 987. The molecule has 0 aliphatic carbocycles. The number of rotatable bonds is 6. The van der Waals surface area contributed by atoms with Gasteiger partial charge in [0.05, 0.1) is 29.4 Å². The van der Waals surface area contributed by atoms with Crippen LogP contribution in [0.15, 0.2) is 29.1 Å². The minimum Gasteiger partial charge on any atom is -0.466 e. The SMILES string of the molecule is CCOC(=O)C1CCCN(c2ccc(NC(=O)OC(C)(C)C)cc2NC(=O)c2cscn2)C1. The molecule has 3 rings (SSSR count). The summed E-state index contributed by atoms with van der Waals surface area (Å²) in [6.07, 6.45) is 0.988. The number of nitrogens with zero attached hydrogens (tertiary/aromatic N) is 2. The zero-order valence-electron chi connectivity index (χ0n) is 19.3. The molecule has 9 nitrogen and oxygen atoms in total. The molecular weight excluding hydrogens is 444 g/mol. The van der Waals surface area contributed by atoms with E-state index < -0.39 is 11.7 Å². The van der Waals surface area contributed by atoms with Crippen LogP contribution in [0.25, 0.3) is 0 Å². The minimum atomic E-state index is -0.637. The normalized spacial score (nSPS) is 16.1. The number of aromatic nitrogens is 1. The molecule has 0 radical (unpaired) electrons. The van der Waals surface area contributed by atoms with Gasteiger partial charge in [-0.05, 0) is 58.7 Å². The Hall–Kier alpha value is -3.14. The first-order valence-corrected chi connectivity index (χ1v) is 11.9. The van der Waals surface area contributed by atoms with E-state index in [0.717, 1.165) is 25.1 Å². The fourth-order valence-corrected chi connectivity index (χ4v) is 4.10. The van der Waals surface area contributed by atoms with Crippen molar-refractivity contribution in [2.24, 2.45) is 5.92 Å². The zero-order valence-corrected chi connectivity index (χ0v) is 20.2. The quantitative estimate of drug-likeness (QED) is 0.592. The maximum absolute atomic E-state index is 12.7. The van der Waals surface area contributed by atoms with E-state index in [4.69, 9.17) is 9.47 Å². The van der Waals surface area contributed by atoms with E-state index in [2.05, 4.69) is 20.5 Å². The molecule has 1 aliphatic heterocycles. The van der Waals surface area contributed by atoms with Crippen LogP contribution in [0.4, 0.5) is 21.9 Å². The molecule has 0 bridgehead atoms. The van der Waals surface area contributed by atoms with Gasteiger partial charge >= 0.3 is 12.1 Å². The first-order chi connectivity index (χ1) is 15.7. The molecule has 2 amide bonds. The lowest BCUT2D eigenvalue weighted by Gasteiger charge is -2.34. The maximum atomic E-state index is 12.7. The Labute approximate surface area is 197 Å². The molecule has 10 heteroatoms. The van der Waals surface area contributed by atoms with Crippen molar-refractivity contribution in [3.63, 3.8) is 0 Å². The standard InChI is InChI=1S/C23H30N4O5S/c1-5-31-21(29)15-7-6-10-27(12-15)19-9-8-16(25-22(30)32-23(2,3)4)11-17(19)26-20(28)18-13-33-14-24-18/h8-9,11,13-15H,5-7,10,12H2,1-4H3,(H,25,30)(H,26,28). The monoisotopic (exact) mass is 474 g/mol. The van der Waals surface area contributed by atoms with Crippen molar-refractivity contribution in [3.8, 4) is 0 Å². The van der Waals surface area contributed by atoms with Crippen molar-refractivity contribution in [3.05, 3.63) is 34.8 Å². The number of thiazole rings is 1. The smallest absolute Gasteiger partial charge is 0.412 e. The second kappa shape index (κ2) is 10.7. The van der Waals surface area contributed by atoms with Crippen molar-refractivity contribution in [1.29, 1.82) is 0 Å². The van der Waals surface area contributed by atoms with Crippen molar-refractivity contribution in [1.82, 2.24) is 4.98 Å². The number of ether oxygens (including phenoxy) is 2. The number of hydrogen-bond donors (Lipinski definition) is 2. The van der Waals surface area contributed by atoms with Gasteiger partial charge in [-0.1, -0.05) is 0 Å². The van der Waals surface area contributed by atoms with Crippen molar-refractivity contribution < 1.29 is 23.9 Å². The van der Waals surface area contributed by atoms with E-state index in [1.165, 1.54) is 11.3 Å². The number of hydrogen-bond acceptors (Lipinski definition) is 8. The maximum Gasteiger partial charge on any atom is 0.412 e. The molecule has 1 unspecified atom stereocenters. The summed E-state index contributed by atoms with van der Waals surface area (Å²) in [5.74, 6) is -0.801. The number of carbonyl (C=O) groups excluding carboxylic acids is 3. The number of amides is 2. The third kappa shape index (κ3) is 6.92. The lowest BCUT2D eigenvalue weighted by atomic mass is 9.97. The predicted octanol–water partition coefficient (Wildman–Crippen LogP) is 4.52. The van der Waals surface area contributed by atoms with Gasteiger partial charge < -0.3 is 19.7 Å². The van der Waals surface area contributed by atoms with Crippen LogP contribution in [0, 0.1) is 5.92 Å². The first kappa shape index (κ1) is 24.5. The molecule has 178 valence electrons. The Kier molecular flexibility index (Phi) is 7.91. The fourth-order valence-electron chi connectivity index (χ4n) is 3.57. The van der Waals surface area contributed by atoms with Crippen LogP contribution in [0.2, 0.25) is 0 Å². The fraction of sp³-hybridized carbons (Fsp3) is 0.478. The Balaban J connectivity index is 1.85. The molecule has 1 saturated heterocycles. The first-order valence-electron chi connectivity index (χ1n) is 10.9. The summed E-state index contributed by atoms with van der Waals surface area (Å²) in [7, 11) is 0. The molecule has 0 spiro atoms. The van der Waals surface area contributed by atoms with Crippen LogP contribution >= 0.6 is 11.3 Å².